The Morgan fingerprint density at radius 3 is 3.05 bits per heavy atom. The van der Waals surface area contributed by atoms with Crippen molar-refractivity contribution in [2.75, 3.05) is 26.3 Å². The molecule has 1 aromatic rings. The van der Waals surface area contributed by atoms with Gasteiger partial charge in [0.05, 0.1) is 23.5 Å². The van der Waals surface area contributed by atoms with Gasteiger partial charge in [-0.25, -0.2) is 0 Å². The molecule has 1 aliphatic heterocycles. The first-order chi connectivity index (χ1) is 9.19. The van der Waals surface area contributed by atoms with E-state index in [2.05, 4.69) is 27.3 Å². The van der Waals surface area contributed by atoms with Crippen molar-refractivity contribution in [3.05, 3.63) is 20.8 Å². The van der Waals surface area contributed by atoms with Crippen LogP contribution < -0.4 is 5.32 Å². The number of amides is 1. The number of nitrogens with one attached hydrogen (secondary N) is 1. The SMILES string of the molecule is CCN(Cc1ccc(Br)s1)C(=O)CC1COCCN1. The molecule has 0 spiro atoms. The Labute approximate surface area is 126 Å². The molecule has 1 atom stereocenters. The lowest BCUT2D eigenvalue weighted by Gasteiger charge is -2.26. The summed E-state index contributed by atoms with van der Waals surface area (Å²) in [6.45, 7) is 5.66. The van der Waals surface area contributed by atoms with Gasteiger partial charge in [-0.15, -0.1) is 11.3 Å². The van der Waals surface area contributed by atoms with E-state index in [1.807, 2.05) is 17.9 Å². The number of morpholine rings is 1. The van der Waals surface area contributed by atoms with Crippen LogP contribution in [0.1, 0.15) is 18.2 Å². The molecule has 1 fully saturated rings. The first-order valence-corrected chi connectivity index (χ1v) is 8.13. The van der Waals surface area contributed by atoms with Crippen molar-refractivity contribution in [2.45, 2.75) is 25.9 Å². The van der Waals surface area contributed by atoms with Crippen LogP contribution >= 0.6 is 27.3 Å². The highest BCUT2D eigenvalue weighted by molar-refractivity contribution is 9.11. The van der Waals surface area contributed by atoms with Crippen molar-refractivity contribution >= 4 is 33.2 Å². The van der Waals surface area contributed by atoms with Crippen molar-refractivity contribution in [1.29, 1.82) is 0 Å². The van der Waals surface area contributed by atoms with E-state index in [-0.39, 0.29) is 11.9 Å². The average Bonchev–Trinajstić information content (AvgIpc) is 2.82. The summed E-state index contributed by atoms with van der Waals surface area (Å²) in [6.07, 6.45) is 0.514. The molecular weight excluding hydrogens is 328 g/mol. The Balaban J connectivity index is 1.87. The van der Waals surface area contributed by atoms with Gasteiger partial charge in [-0.2, -0.15) is 0 Å². The largest absolute Gasteiger partial charge is 0.378 e. The Morgan fingerprint density at radius 1 is 1.63 bits per heavy atom. The zero-order chi connectivity index (χ0) is 13.7. The fraction of sp³-hybridized carbons (Fsp3) is 0.615. The molecule has 1 aliphatic rings. The second-order valence-electron chi connectivity index (χ2n) is 4.54. The van der Waals surface area contributed by atoms with E-state index in [9.17, 15) is 4.79 Å². The quantitative estimate of drug-likeness (QED) is 0.888. The van der Waals surface area contributed by atoms with Gasteiger partial charge in [0, 0.05) is 30.4 Å². The lowest BCUT2D eigenvalue weighted by molar-refractivity contribution is -0.132. The molecule has 106 valence electrons. The molecular formula is C13H19BrN2O2S. The zero-order valence-corrected chi connectivity index (χ0v) is 13.4. The van der Waals surface area contributed by atoms with Gasteiger partial charge in [0.1, 0.15) is 0 Å². The van der Waals surface area contributed by atoms with Crippen LogP contribution in [-0.4, -0.2) is 43.2 Å². The van der Waals surface area contributed by atoms with Crippen LogP contribution in [0.2, 0.25) is 0 Å². The number of carbonyl (C=O) groups excluding carboxylic acids is 1. The summed E-state index contributed by atoms with van der Waals surface area (Å²) in [5.74, 6) is 0.190. The first kappa shape index (κ1) is 15.0. The predicted octanol–water partition coefficient (Wildman–Crippen LogP) is 2.24. The summed E-state index contributed by atoms with van der Waals surface area (Å²) in [5, 5.41) is 3.32. The maximum absolute atomic E-state index is 12.3. The number of nitrogens with zero attached hydrogens (tertiary/aromatic N) is 1. The molecule has 4 nitrogen and oxygen atoms in total. The highest BCUT2D eigenvalue weighted by atomic mass is 79.9. The van der Waals surface area contributed by atoms with Crippen LogP contribution in [0.3, 0.4) is 0 Å². The summed E-state index contributed by atoms with van der Waals surface area (Å²) >= 11 is 5.13. The summed E-state index contributed by atoms with van der Waals surface area (Å²) < 4.78 is 6.49. The van der Waals surface area contributed by atoms with E-state index in [0.29, 0.717) is 19.6 Å². The van der Waals surface area contributed by atoms with E-state index < -0.39 is 0 Å². The predicted molar refractivity (Wildman–Crippen MR) is 80.3 cm³/mol. The number of hydrogen-bond acceptors (Lipinski definition) is 4. The third-order valence-electron chi connectivity index (χ3n) is 3.13. The molecule has 0 saturated carbocycles. The molecule has 0 radical (unpaired) electrons. The van der Waals surface area contributed by atoms with Gasteiger partial charge in [0.15, 0.2) is 0 Å². The molecule has 1 unspecified atom stereocenters. The fourth-order valence-corrected chi connectivity index (χ4v) is 3.59. The van der Waals surface area contributed by atoms with E-state index in [4.69, 9.17) is 4.74 Å². The van der Waals surface area contributed by atoms with Crippen molar-refractivity contribution in [3.63, 3.8) is 0 Å². The van der Waals surface area contributed by atoms with Crippen molar-refractivity contribution in [1.82, 2.24) is 10.2 Å². The van der Waals surface area contributed by atoms with Crippen LogP contribution in [-0.2, 0) is 16.1 Å². The average molecular weight is 347 g/mol. The molecule has 0 aliphatic carbocycles. The zero-order valence-electron chi connectivity index (χ0n) is 11.0. The second kappa shape index (κ2) is 7.38. The van der Waals surface area contributed by atoms with Gasteiger partial charge in [0.2, 0.25) is 5.91 Å². The van der Waals surface area contributed by atoms with Gasteiger partial charge in [-0.05, 0) is 35.0 Å². The highest BCUT2D eigenvalue weighted by Crippen LogP contribution is 2.23. The molecule has 0 bridgehead atoms. The first-order valence-electron chi connectivity index (χ1n) is 6.52. The number of halogens is 1. The number of hydrogen-bond donors (Lipinski definition) is 1. The van der Waals surface area contributed by atoms with Crippen LogP contribution in [0.4, 0.5) is 0 Å². The Morgan fingerprint density at radius 2 is 2.47 bits per heavy atom. The molecule has 1 saturated heterocycles. The molecule has 2 heterocycles. The minimum atomic E-state index is 0.158. The second-order valence-corrected chi connectivity index (χ2v) is 7.09. The molecule has 1 amide bonds. The molecule has 1 aromatic heterocycles. The van der Waals surface area contributed by atoms with Gasteiger partial charge in [-0.3, -0.25) is 4.79 Å². The molecule has 6 heteroatoms. The van der Waals surface area contributed by atoms with Gasteiger partial charge in [-0.1, -0.05) is 0 Å². The van der Waals surface area contributed by atoms with Crippen molar-refractivity contribution in [2.24, 2.45) is 0 Å². The smallest absolute Gasteiger partial charge is 0.224 e. The standard InChI is InChI=1S/C13H19BrN2O2S/c1-2-16(8-11-3-4-12(14)19-11)13(17)7-10-9-18-6-5-15-10/h3-4,10,15H,2,5-9H2,1H3. The molecule has 2 rings (SSSR count). The van der Waals surface area contributed by atoms with E-state index in [0.717, 1.165) is 23.5 Å². The summed E-state index contributed by atoms with van der Waals surface area (Å²) in [7, 11) is 0. The summed E-state index contributed by atoms with van der Waals surface area (Å²) in [6, 6.07) is 4.24. The van der Waals surface area contributed by atoms with Crippen LogP contribution in [0.5, 0.6) is 0 Å². The topological polar surface area (TPSA) is 41.6 Å². The monoisotopic (exact) mass is 346 g/mol. The van der Waals surface area contributed by atoms with Crippen LogP contribution in [0.25, 0.3) is 0 Å². The van der Waals surface area contributed by atoms with E-state index in [1.54, 1.807) is 11.3 Å². The number of ether oxygens (including phenoxy) is 1. The minimum absolute atomic E-state index is 0.158. The van der Waals surface area contributed by atoms with Crippen molar-refractivity contribution in [3.8, 4) is 0 Å². The molecule has 19 heavy (non-hydrogen) atoms. The number of rotatable bonds is 5. The summed E-state index contributed by atoms with van der Waals surface area (Å²) in [4.78, 5) is 15.4. The lowest BCUT2D eigenvalue weighted by Crippen LogP contribution is -2.45. The van der Waals surface area contributed by atoms with Crippen LogP contribution in [0, 0.1) is 0 Å². The normalized spacial score (nSPS) is 19.4. The third-order valence-corrected chi connectivity index (χ3v) is 4.74. The van der Waals surface area contributed by atoms with E-state index >= 15 is 0 Å². The number of carbonyl (C=O) groups is 1. The maximum atomic E-state index is 12.3. The highest BCUT2D eigenvalue weighted by Gasteiger charge is 2.20. The van der Waals surface area contributed by atoms with Crippen LogP contribution in [0.15, 0.2) is 15.9 Å². The van der Waals surface area contributed by atoms with Crippen molar-refractivity contribution < 1.29 is 9.53 Å². The third kappa shape index (κ3) is 4.56. The Kier molecular flexibility index (Phi) is 5.81. The van der Waals surface area contributed by atoms with E-state index in [1.165, 1.54) is 4.88 Å². The van der Waals surface area contributed by atoms with Gasteiger partial charge >= 0.3 is 0 Å². The van der Waals surface area contributed by atoms with Gasteiger partial charge < -0.3 is 15.0 Å². The summed E-state index contributed by atoms with van der Waals surface area (Å²) in [5.41, 5.74) is 0. The van der Waals surface area contributed by atoms with Gasteiger partial charge in [0.25, 0.3) is 0 Å². The Bertz CT molecular complexity index is 419. The lowest BCUT2D eigenvalue weighted by atomic mass is 10.2. The molecule has 1 N–H and O–H groups in total. The Hall–Kier alpha value is -0.430. The number of thiophene rings is 1. The fourth-order valence-electron chi connectivity index (χ4n) is 2.09. The molecule has 0 aromatic carbocycles. The minimum Gasteiger partial charge on any atom is -0.378 e. The maximum Gasteiger partial charge on any atom is 0.224 e.